The number of nitrogens with zero attached hydrogens (tertiary/aromatic N) is 2. The van der Waals surface area contributed by atoms with Gasteiger partial charge in [0.15, 0.2) is 6.21 Å². The molecule has 84 valence electrons. The van der Waals surface area contributed by atoms with Crippen LogP contribution in [0, 0.1) is 0 Å². The van der Waals surface area contributed by atoms with Crippen LogP contribution >= 0.6 is 0 Å². The summed E-state index contributed by atoms with van der Waals surface area (Å²) in [6.45, 7) is 5.76. The third-order valence-corrected chi connectivity index (χ3v) is 2.21. The predicted molar refractivity (Wildman–Crippen MR) is 68.3 cm³/mol. The van der Waals surface area contributed by atoms with Crippen molar-refractivity contribution in [3.05, 3.63) is 30.2 Å². The first kappa shape index (κ1) is 12.1. The molecule has 4 heteroatoms. The molecule has 0 fully saturated rings. The third-order valence-electron chi connectivity index (χ3n) is 2.21. The van der Waals surface area contributed by atoms with Crippen LogP contribution in [0.15, 0.2) is 19.0 Å². The quantitative estimate of drug-likeness (QED) is 0.715. The summed E-state index contributed by atoms with van der Waals surface area (Å²) in [5.41, 5.74) is 2.78. The van der Waals surface area contributed by atoms with Crippen LogP contribution < -0.4 is 10.3 Å². The molecule has 0 radical (unpaired) electrons. The molecule has 0 aliphatic rings. The molecule has 0 aliphatic heterocycles. The molecule has 0 unspecified atom stereocenters. The number of allylic oxidation sites excluding steroid dienone is 2. The van der Waals surface area contributed by atoms with E-state index in [1.54, 1.807) is 12.4 Å². The summed E-state index contributed by atoms with van der Waals surface area (Å²) in [6.07, 6.45) is 7.19. The van der Waals surface area contributed by atoms with Gasteiger partial charge in [-0.15, -0.1) is 0 Å². The molecule has 16 heavy (non-hydrogen) atoms. The Morgan fingerprint density at radius 1 is 1.50 bits per heavy atom. The van der Waals surface area contributed by atoms with Crippen LogP contribution in [-0.2, 0) is 0 Å². The summed E-state index contributed by atoms with van der Waals surface area (Å²) in [5, 5.41) is 3.02. The normalized spacial score (nSPS) is 11.8. The van der Waals surface area contributed by atoms with Crippen LogP contribution in [0.1, 0.15) is 18.2 Å². The topological polar surface area (TPSA) is 51.8 Å². The number of anilines is 1. The average Bonchev–Trinajstić information content (AvgIpc) is 2.34. The van der Waals surface area contributed by atoms with Gasteiger partial charge in [0.25, 0.3) is 0 Å². The summed E-state index contributed by atoms with van der Waals surface area (Å²) >= 11 is 0. The summed E-state index contributed by atoms with van der Waals surface area (Å²) < 4.78 is 0. The fourth-order valence-corrected chi connectivity index (χ4v) is 1.46. The second-order valence-corrected chi connectivity index (χ2v) is 3.12. The van der Waals surface area contributed by atoms with Crippen molar-refractivity contribution in [1.29, 1.82) is 0 Å². The molecule has 2 N–H and O–H groups in total. The maximum atomic E-state index is 4.29. The van der Waals surface area contributed by atoms with Gasteiger partial charge in [0.2, 0.25) is 0 Å². The molecular weight excluding hydrogens is 200 g/mol. The van der Waals surface area contributed by atoms with E-state index in [0.29, 0.717) is 0 Å². The van der Waals surface area contributed by atoms with Gasteiger partial charge in [-0.2, -0.15) is 0 Å². The average molecular weight is 217 g/mol. The minimum atomic E-state index is 0.781. The van der Waals surface area contributed by atoms with E-state index in [4.69, 9.17) is 0 Å². The van der Waals surface area contributed by atoms with E-state index in [0.717, 1.165) is 22.6 Å². The Kier molecular flexibility index (Phi) is 4.39. The lowest BCUT2D eigenvalue weighted by Gasteiger charge is -2.08. The molecule has 1 rings (SSSR count). The van der Waals surface area contributed by atoms with E-state index in [2.05, 4.69) is 26.9 Å². The van der Waals surface area contributed by atoms with Crippen molar-refractivity contribution in [2.75, 3.05) is 19.4 Å². The van der Waals surface area contributed by atoms with Gasteiger partial charge in [0.1, 0.15) is 19.2 Å². The van der Waals surface area contributed by atoms with Crippen molar-refractivity contribution in [2.24, 2.45) is 0 Å². The van der Waals surface area contributed by atoms with Gasteiger partial charge in [-0.3, -0.25) is 4.99 Å². The van der Waals surface area contributed by atoms with Crippen molar-refractivity contribution in [3.8, 4) is 0 Å². The van der Waals surface area contributed by atoms with Crippen LogP contribution in [-0.4, -0.2) is 30.3 Å². The largest absolute Gasteiger partial charge is 0.373 e. The van der Waals surface area contributed by atoms with Crippen molar-refractivity contribution in [3.63, 3.8) is 0 Å². The molecule has 0 saturated heterocycles. The Labute approximate surface area is 95.9 Å². The van der Waals surface area contributed by atoms with Gasteiger partial charge >= 0.3 is 0 Å². The Balaban J connectivity index is 3.37. The van der Waals surface area contributed by atoms with Gasteiger partial charge < -0.3 is 5.32 Å². The summed E-state index contributed by atoms with van der Waals surface area (Å²) in [4.78, 5) is 11.4. The molecule has 1 aromatic heterocycles. The standard InChI is InChI=1S/C12H16N4/c1-5-9(7-13-3)11-10(6-2)12(14-4)16-8-15-11/h5-8H,2H2,1,3-4H3,(H,14,15,16)/p+1/b9-5-,13-7?. The summed E-state index contributed by atoms with van der Waals surface area (Å²) in [7, 11) is 3.69. The van der Waals surface area contributed by atoms with E-state index >= 15 is 0 Å². The first-order valence-electron chi connectivity index (χ1n) is 5.10. The first-order chi connectivity index (χ1) is 7.78. The Hall–Kier alpha value is -1.97. The Morgan fingerprint density at radius 2 is 2.25 bits per heavy atom. The Morgan fingerprint density at radius 3 is 2.75 bits per heavy atom. The SMILES string of the molecule is C=Cc1c(NC)ncnc1/C(C=[NH+]C)=C\C. The number of nitrogens with one attached hydrogen (secondary N) is 2. The van der Waals surface area contributed by atoms with E-state index in [-0.39, 0.29) is 0 Å². The second kappa shape index (κ2) is 5.80. The van der Waals surface area contributed by atoms with E-state index in [9.17, 15) is 0 Å². The second-order valence-electron chi connectivity index (χ2n) is 3.12. The minimum absolute atomic E-state index is 0.781. The molecule has 0 atom stereocenters. The summed E-state index contributed by atoms with van der Waals surface area (Å²) in [5.74, 6) is 0.781. The van der Waals surface area contributed by atoms with Crippen molar-refractivity contribution >= 4 is 23.7 Å². The van der Waals surface area contributed by atoms with Gasteiger partial charge in [-0.25, -0.2) is 9.97 Å². The molecule has 1 heterocycles. The highest BCUT2D eigenvalue weighted by Gasteiger charge is 2.11. The predicted octanol–water partition coefficient (Wildman–Crippen LogP) is 0.346. The van der Waals surface area contributed by atoms with Crippen LogP contribution in [0.5, 0.6) is 0 Å². The highest BCUT2D eigenvalue weighted by atomic mass is 15.0. The van der Waals surface area contributed by atoms with Gasteiger partial charge in [-0.05, 0) is 6.92 Å². The van der Waals surface area contributed by atoms with Crippen LogP contribution in [0.2, 0.25) is 0 Å². The molecule has 1 aromatic rings. The van der Waals surface area contributed by atoms with E-state index < -0.39 is 0 Å². The maximum Gasteiger partial charge on any atom is 0.170 e. The van der Waals surface area contributed by atoms with Crippen LogP contribution in [0.4, 0.5) is 5.82 Å². The monoisotopic (exact) mass is 217 g/mol. The first-order valence-corrected chi connectivity index (χ1v) is 5.10. The molecular formula is C12H17N4+. The lowest BCUT2D eigenvalue weighted by Crippen LogP contribution is -2.63. The lowest BCUT2D eigenvalue weighted by atomic mass is 10.1. The molecule has 4 nitrogen and oxygen atoms in total. The van der Waals surface area contributed by atoms with Crippen LogP contribution in [0.3, 0.4) is 0 Å². The zero-order chi connectivity index (χ0) is 12.0. The summed E-state index contributed by atoms with van der Waals surface area (Å²) in [6, 6.07) is 0. The lowest BCUT2D eigenvalue weighted by molar-refractivity contribution is -0.412. The number of rotatable bonds is 4. The smallest absolute Gasteiger partial charge is 0.170 e. The highest BCUT2D eigenvalue weighted by molar-refractivity contribution is 6.07. The number of hydrogen-bond acceptors (Lipinski definition) is 3. The molecule has 0 saturated carbocycles. The molecule has 0 aromatic carbocycles. The molecule has 0 spiro atoms. The van der Waals surface area contributed by atoms with Gasteiger partial charge in [-0.1, -0.05) is 18.7 Å². The third kappa shape index (κ3) is 2.34. The molecule has 0 amide bonds. The Bertz CT molecular complexity index is 433. The fourth-order valence-electron chi connectivity index (χ4n) is 1.46. The van der Waals surface area contributed by atoms with Crippen molar-refractivity contribution in [1.82, 2.24) is 9.97 Å². The van der Waals surface area contributed by atoms with E-state index in [1.807, 2.05) is 33.3 Å². The van der Waals surface area contributed by atoms with Crippen molar-refractivity contribution in [2.45, 2.75) is 6.92 Å². The maximum absolute atomic E-state index is 4.29. The fraction of sp³-hybridized carbons (Fsp3) is 0.250. The van der Waals surface area contributed by atoms with Gasteiger partial charge in [0, 0.05) is 12.6 Å². The van der Waals surface area contributed by atoms with Crippen LogP contribution in [0.25, 0.3) is 11.6 Å². The molecule has 0 bridgehead atoms. The highest BCUT2D eigenvalue weighted by Crippen LogP contribution is 2.21. The van der Waals surface area contributed by atoms with Gasteiger partial charge in [0.05, 0.1) is 11.3 Å². The zero-order valence-corrected chi connectivity index (χ0v) is 9.91. The van der Waals surface area contributed by atoms with E-state index in [1.165, 1.54) is 0 Å². The number of hydrogen-bond donors (Lipinski definition) is 2. The zero-order valence-electron chi connectivity index (χ0n) is 9.91. The molecule has 0 aliphatic carbocycles. The number of aromatic nitrogens is 2. The van der Waals surface area contributed by atoms with Crippen molar-refractivity contribution < 1.29 is 4.99 Å². The minimum Gasteiger partial charge on any atom is -0.373 e.